The van der Waals surface area contributed by atoms with Crippen molar-refractivity contribution in [1.82, 2.24) is 15.1 Å². The molecule has 2 N–H and O–H groups in total. The van der Waals surface area contributed by atoms with Crippen LogP contribution in [0.3, 0.4) is 0 Å². The zero-order chi connectivity index (χ0) is 33.4. The Bertz CT molecular complexity index is 1400. The van der Waals surface area contributed by atoms with E-state index in [1.54, 1.807) is 34.7 Å². The van der Waals surface area contributed by atoms with Crippen molar-refractivity contribution in [2.45, 2.75) is 102 Å². The molecule has 1 fully saturated rings. The summed E-state index contributed by atoms with van der Waals surface area (Å²) in [7, 11) is 3.84. The minimum absolute atomic E-state index is 0.126. The van der Waals surface area contributed by atoms with Crippen molar-refractivity contribution in [1.29, 1.82) is 0 Å². The first-order valence-electron chi connectivity index (χ1n) is 16.6. The Labute approximate surface area is 272 Å². The second-order valence-electron chi connectivity index (χ2n) is 14.4. The predicted octanol–water partition coefficient (Wildman–Crippen LogP) is 4.63. The van der Waals surface area contributed by atoms with Gasteiger partial charge < -0.3 is 29.1 Å². The lowest BCUT2D eigenvalue weighted by molar-refractivity contribution is -0.122. The van der Waals surface area contributed by atoms with Crippen LogP contribution in [0.4, 0.5) is 9.59 Å². The standard InChI is InChI=1S/C35H50N4O7/c1-21(10-8-17-36-22(2)37-32(42)46-34(3,4)5)26(40)11-9-18-39(7)33(43)44-28-15-12-23-20-25-24-13-14-27(41)31-35(24,16-19-38(25)6)29(23)30(28)45-31/h12-15,21,24-25,27,31,41H,8-11,16-20H2,1-7H3,(H,36,37,42)/t21-,24?,25+,27?,31-,35-/m0/s1. The minimum Gasteiger partial charge on any atom is -0.482 e. The van der Waals surface area contributed by atoms with E-state index in [2.05, 4.69) is 28.3 Å². The number of alkyl carbamates (subject to hydrolysis) is 1. The molecule has 1 saturated heterocycles. The molecule has 1 aromatic rings. The summed E-state index contributed by atoms with van der Waals surface area (Å²) < 4.78 is 17.6. The molecule has 1 spiro atoms. The Kier molecular flexibility index (Phi) is 9.84. The minimum atomic E-state index is -0.720. The van der Waals surface area contributed by atoms with Gasteiger partial charge in [0.1, 0.15) is 29.4 Å². The van der Waals surface area contributed by atoms with Crippen molar-refractivity contribution in [3.05, 3.63) is 35.4 Å². The number of hydrogen-bond acceptors (Lipinski definition) is 9. The SMILES string of the molecule is CC(=NCCC[C@H](C)C(=O)CCCN(C)C(=O)Oc1ccc2c3c1O[C@H]1C(O)C=CC4[C@@H](C2)N(C)CC[C@@]341)NC(=O)OC(C)(C)C. The number of amidine groups is 1. The highest BCUT2D eigenvalue weighted by atomic mass is 16.6. The molecule has 2 aliphatic carbocycles. The van der Waals surface area contributed by atoms with Gasteiger partial charge in [-0.2, -0.15) is 0 Å². The number of likely N-dealkylation sites (N-methyl/N-ethyl adjacent to an activating group) is 1. The number of aliphatic hydroxyl groups is 1. The normalized spacial score (nSPS) is 26.9. The molecule has 11 nitrogen and oxygen atoms in total. The number of rotatable bonds is 10. The van der Waals surface area contributed by atoms with E-state index in [1.165, 1.54) is 10.5 Å². The molecular weight excluding hydrogens is 588 g/mol. The topological polar surface area (TPSA) is 130 Å². The van der Waals surface area contributed by atoms with Crippen molar-refractivity contribution < 1.29 is 33.7 Å². The zero-order valence-electron chi connectivity index (χ0n) is 28.3. The lowest BCUT2D eigenvalue weighted by Crippen LogP contribution is -2.64. The number of ether oxygens (including phenoxy) is 3. The van der Waals surface area contributed by atoms with E-state index >= 15 is 0 Å². The van der Waals surface area contributed by atoms with Gasteiger partial charge >= 0.3 is 12.2 Å². The Morgan fingerprint density at radius 1 is 1.24 bits per heavy atom. The Morgan fingerprint density at radius 3 is 2.74 bits per heavy atom. The van der Waals surface area contributed by atoms with Gasteiger partial charge in [0, 0.05) is 55.4 Å². The number of ketones is 1. The number of hydrogen-bond donors (Lipinski definition) is 2. The molecule has 5 rings (SSSR count). The Hall–Kier alpha value is -3.44. The van der Waals surface area contributed by atoms with Gasteiger partial charge in [-0.1, -0.05) is 25.1 Å². The van der Waals surface area contributed by atoms with Gasteiger partial charge in [0.25, 0.3) is 0 Å². The number of nitrogens with one attached hydrogen (secondary N) is 1. The number of piperidine rings is 1. The maximum absolute atomic E-state index is 13.1. The van der Waals surface area contributed by atoms with Crippen LogP contribution in [0.1, 0.15) is 77.8 Å². The number of aliphatic hydroxyl groups excluding tert-OH is 1. The maximum Gasteiger partial charge on any atom is 0.415 e. The van der Waals surface area contributed by atoms with Gasteiger partial charge in [0.05, 0.1) is 0 Å². The van der Waals surface area contributed by atoms with E-state index in [9.17, 15) is 19.5 Å². The molecule has 2 unspecified atom stereocenters. The van der Waals surface area contributed by atoms with Gasteiger partial charge in [-0.25, -0.2) is 9.59 Å². The molecule has 4 aliphatic rings. The number of amides is 2. The average Bonchev–Trinajstić information content (AvgIpc) is 3.33. The van der Waals surface area contributed by atoms with Crippen LogP contribution in [0, 0.1) is 11.8 Å². The van der Waals surface area contributed by atoms with Gasteiger partial charge in [-0.3, -0.25) is 15.1 Å². The van der Waals surface area contributed by atoms with Crippen molar-refractivity contribution in [2.24, 2.45) is 16.8 Å². The second-order valence-corrected chi connectivity index (χ2v) is 14.4. The lowest BCUT2D eigenvalue weighted by atomic mass is 9.53. The average molecular weight is 639 g/mol. The number of aliphatic imine (C=N–C) groups is 1. The molecule has 0 aromatic heterocycles. The van der Waals surface area contributed by atoms with Gasteiger partial charge in [-0.05, 0) is 85.0 Å². The predicted molar refractivity (Wildman–Crippen MR) is 175 cm³/mol. The molecule has 2 aliphatic heterocycles. The Balaban J connectivity index is 1.09. The van der Waals surface area contributed by atoms with Crippen molar-refractivity contribution in [3.63, 3.8) is 0 Å². The van der Waals surface area contributed by atoms with E-state index in [0.29, 0.717) is 62.1 Å². The van der Waals surface area contributed by atoms with E-state index in [4.69, 9.17) is 14.2 Å². The summed E-state index contributed by atoms with van der Waals surface area (Å²) >= 11 is 0. The number of nitrogens with zero attached hydrogens (tertiary/aromatic N) is 3. The largest absolute Gasteiger partial charge is 0.482 e. The fourth-order valence-electron chi connectivity index (χ4n) is 7.60. The smallest absolute Gasteiger partial charge is 0.415 e. The molecule has 0 saturated carbocycles. The van der Waals surface area contributed by atoms with Crippen LogP contribution in [-0.2, 0) is 21.4 Å². The van der Waals surface area contributed by atoms with E-state index < -0.39 is 30.0 Å². The maximum atomic E-state index is 13.1. The summed E-state index contributed by atoms with van der Waals surface area (Å²) in [6.07, 6.45) is 5.91. The van der Waals surface area contributed by atoms with Gasteiger partial charge in [0.15, 0.2) is 11.5 Å². The van der Waals surface area contributed by atoms with Crippen LogP contribution in [0.15, 0.2) is 29.3 Å². The third-order valence-electron chi connectivity index (χ3n) is 9.94. The summed E-state index contributed by atoms with van der Waals surface area (Å²) in [5.74, 6) is 1.70. The third-order valence-corrected chi connectivity index (χ3v) is 9.94. The lowest BCUT2D eigenvalue weighted by Gasteiger charge is -2.56. The Morgan fingerprint density at radius 2 is 2.00 bits per heavy atom. The summed E-state index contributed by atoms with van der Waals surface area (Å²) in [4.78, 5) is 46.0. The quantitative estimate of drug-likeness (QED) is 0.164. The van der Waals surface area contributed by atoms with Crippen LogP contribution in [0.25, 0.3) is 0 Å². The van der Waals surface area contributed by atoms with E-state index in [0.717, 1.165) is 24.9 Å². The molecule has 6 atom stereocenters. The molecule has 0 radical (unpaired) electrons. The van der Waals surface area contributed by atoms with Crippen LogP contribution >= 0.6 is 0 Å². The molecule has 11 heteroatoms. The first-order valence-corrected chi connectivity index (χ1v) is 16.6. The first-order chi connectivity index (χ1) is 21.7. The van der Waals surface area contributed by atoms with E-state index in [-0.39, 0.29) is 23.0 Å². The van der Waals surface area contributed by atoms with Crippen molar-refractivity contribution >= 4 is 23.8 Å². The van der Waals surface area contributed by atoms with Gasteiger partial charge in [0.2, 0.25) is 0 Å². The van der Waals surface area contributed by atoms with Crippen molar-refractivity contribution in [2.75, 3.05) is 33.7 Å². The summed E-state index contributed by atoms with van der Waals surface area (Å²) in [5.41, 5.74) is 1.41. The highest BCUT2D eigenvalue weighted by molar-refractivity contribution is 5.93. The molecule has 46 heavy (non-hydrogen) atoms. The third kappa shape index (κ3) is 6.81. The van der Waals surface area contributed by atoms with Crippen LogP contribution in [0.2, 0.25) is 0 Å². The van der Waals surface area contributed by atoms with E-state index in [1.807, 2.05) is 25.1 Å². The fraction of sp³-hybridized carbons (Fsp3) is 0.657. The zero-order valence-corrected chi connectivity index (χ0v) is 28.3. The van der Waals surface area contributed by atoms with Crippen LogP contribution in [0.5, 0.6) is 11.5 Å². The second kappa shape index (κ2) is 13.4. The molecule has 2 amide bonds. The number of carbonyl (C=O) groups excluding carboxylic acids is 3. The number of benzene rings is 1. The highest BCUT2D eigenvalue weighted by Gasteiger charge is 2.64. The van der Waals surface area contributed by atoms with Crippen LogP contribution in [-0.4, -0.2) is 96.3 Å². The van der Waals surface area contributed by atoms with Gasteiger partial charge in [-0.15, -0.1) is 0 Å². The molecule has 1 aromatic carbocycles. The molecule has 252 valence electrons. The summed E-state index contributed by atoms with van der Waals surface area (Å²) in [5, 5.41) is 13.6. The number of likely N-dealkylation sites (tertiary alicyclic amines) is 1. The summed E-state index contributed by atoms with van der Waals surface area (Å²) in [6.45, 7) is 10.8. The molecular formula is C35H50N4O7. The molecule has 2 heterocycles. The van der Waals surface area contributed by atoms with Crippen LogP contribution < -0.4 is 14.8 Å². The summed E-state index contributed by atoms with van der Waals surface area (Å²) in [6, 6.07) is 4.21. The monoisotopic (exact) mass is 638 g/mol. The fourth-order valence-corrected chi connectivity index (χ4v) is 7.60. The highest BCUT2D eigenvalue weighted by Crippen LogP contribution is 2.62. The number of Topliss-reactive ketones (excluding diaryl/α,β-unsaturated/α-hetero) is 1. The first kappa shape index (κ1) is 33.9. The van der Waals surface area contributed by atoms with Crippen molar-refractivity contribution in [3.8, 4) is 11.5 Å². The number of carbonyl (C=O) groups is 3. The molecule has 2 bridgehead atoms.